The zero-order valence-corrected chi connectivity index (χ0v) is 23.8. The number of methoxy groups -OCH3 is 1. The van der Waals surface area contributed by atoms with Crippen LogP contribution in [-0.4, -0.2) is 73.3 Å². The molecule has 0 spiro atoms. The van der Waals surface area contributed by atoms with Crippen LogP contribution in [0.2, 0.25) is 0 Å². The molecular formula is C27H32N8O4S. The van der Waals surface area contributed by atoms with Crippen LogP contribution < -0.4 is 20.7 Å². The number of fused-ring (bicyclic) bond motifs is 2. The summed E-state index contributed by atoms with van der Waals surface area (Å²) in [5.41, 5.74) is 4.35. The SMILES string of the molecule is COc1cc2c(cc1Nc1nc(Nc3ccccc3S(=O)(=O)N(C)C)c3c(NC(C)=O)c[nH]c3n1)CN(C)CC2. The van der Waals surface area contributed by atoms with Crippen molar-refractivity contribution in [3.63, 3.8) is 0 Å². The Kier molecular flexibility index (Phi) is 7.36. The molecule has 0 aliphatic carbocycles. The summed E-state index contributed by atoms with van der Waals surface area (Å²) in [7, 11) is 2.89. The number of sulfonamides is 1. The number of likely N-dealkylation sites (N-methyl/N-ethyl adjacent to an activating group) is 1. The molecule has 0 radical (unpaired) electrons. The molecule has 40 heavy (non-hydrogen) atoms. The minimum atomic E-state index is -3.76. The van der Waals surface area contributed by atoms with Crippen LogP contribution >= 0.6 is 0 Å². The summed E-state index contributed by atoms with van der Waals surface area (Å²) in [6.07, 6.45) is 2.55. The molecule has 3 heterocycles. The number of H-pyrrole nitrogens is 1. The third-order valence-electron chi connectivity index (χ3n) is 6.71. The van der Waals surface area contributed by atoms with E-state index in [0.29, 0.717) is 39.7 Å². The first-order chi connectivity index (χ1) is 19.1. The number of anilines is 5. The van der Waals surface area contributed by atoms with E-state index in [0.717, 1.165) is 23.8 Å². The lowest BCUT2D eigenvalue weighted by Crippen LogP contribution is -2.26. The summed E-state index contributed by atoms with van der Waals surface area (Å²) in [5, 5.41) is 9.74. The van der Waals surface area contributed by atoms with E-state index in [1.807, 2.05) is 12.1 Å². The minimum absolute atomic E-state index is 0.0818. The molecule has 210 valence electrons. The lowest BCUT2D eigenvalue weighted by Gasteiger charge is -2.26. The molecule has 1 aliphatic rings. The number of nitrogens with one attached hydrogen (secondary N) is 4. The van der Waals surface area contributed by atoms with Crippen LogP contribution in [0, 0.1) is 0 Å². The Hall–Kier alpha value is -4.20. The lowest BCUT2D eigenvalue weighted by atomic mass is 9.99. The number of aromatic nitrogens is 3. The molecule has 0 bridgehead atoms. The van der Waals surface area contributed by atoms with Crippen LogP contribution in [0.1, 0.15) is 18.1 Å². The van der Waals surface area contributed by atoms with E-state index in [9.17, 15) is 13.2 Å². The van der Waals surface area contributed by atoms with E-state index in [1.165, 1.54) is 38.2 Å². The van der Waals surface area contributed by atoms with Gasteiger partial charge in [-0.05, 0) is 48.9 Å². The van der Waals surface area contributed by atoms with Crippen molar-refractivity contribution < 1.29 is 17.9 Å². The summed E-state index contributed by atoms with van der Waals surface area (Å²) in [4.78, 5) is 26.7. The highest BCUT2D eigenvalue weighted by Gasteiger charge is 2.23. The summed E-state index contributed by atoms with van der Waals surface area (Å²) in [6.45, 7) is 3.20. The van der Waals surface area contributed by atoms with Gasteiger partial charge in [0, 0.05) is 40.3 Å². The average Bonchev–Trinajstić information content (AvgIpc) is 3.30. The van der Waals surface area contributed by atoms with Crippen molar-refractivity contribution in [2.75, 3.05) is 50.7 Å². The second-order valence-corrected chi connectivity index (χ2v) is 12.0. The van der Waals surface area contributed by atoms with Crippen molar-refractivity contribution in [1.82, 2.24) is 24.2 Å². The predicted octanol–water partition coefficient (Wildman–Crippen LogP) is 3.65. The Morgan fingerprint density at radius 1 is 1.07 bits per heavy atom. The molecule has 0 fully saturated rings. The zero-order chi connectivity index (χ0) is 28.6. The first-order valence-corrected chi connectivity index (χ1v) is 14.1. The van der Waals surface area contributed by atoms with Crippen molar-refractivity contribution in [2.24, 2.45) is 0 Å². The fourth-order valence-corrected chi connectivity index (χ4v) is 5.74. The molecule has 2 aromatic carbocycles. The summed E-state index contributed by atoms with van der Waals surface area (Å²) < 4.78 is 32.9. The topological polar surface area (TPSA) is 145 Å². The van der Waals surface area contributed by atoms with E-state index < -0.39 is 10.0 Å². The van der Waals surface area contributed by atoms with Crippen molar-refractivity contribution in [1.29, 1.82) is 0 Å². The molecular weight excluding hydrogens is 532 g/mol. The van der Waals surface area contributed by atoms with Gasteiger partial charge in [0.15, 0.2) is 0 Å². The third-order valence-corrected chi connectivity index (χ3v) is 8.59. The number of carbonyl (C=O) groups excluding carboxylic acids is 1. The molecule has 5 rings (SSSR count). The molecule has 13 heteroatoms. The molecule has 0 unspecified atom stereocenters. The molecule has 0 saturated carbocycles. The van der Waals surface area contributed by atoms with E-state index in [2.05, 4.69) is 37.9 Å². The standard InChI is InChI=1S/C27H32N8O4S/c1-16(36)29-21-14-28-25-24(21)26(30-19-8-6-7-9-23(19)40(37,38)34(2)3)33-27(32-25)31-20-12-18-15-35(4)11-10-17(18)13-22(20)39-5/h6-9,12-14H,10-11,15H2,1-5H3,(H,29,36)(H3,28,30,31,32,33). The van der Waals surface area contributed by atoms with Gasteiger partial charge >= 0.3 is 0 Å². The van der Waals surface area contributed by atoms with Gasteiger partial charge in [-0.15, -0.1) is 0 Å². The fourth-order valence-electron chi connectivity index (χ4n) is 4.70. The van der Waals surface area contributed by atoms with Gasteiger partial charge in [0.2, 0.25) is 21.9 Å². The van der Waals surface area contributed by atoms with Crippen LogP contribution in [0.25, 0.3) is 11.0 Å². The lowest BCUT2D eigenvalue weighted by molar-refractivity contribution is -0.114. The highest BCUT2D eigenvalue weighted by molar-refractivity contribution is 7.89. The molecule has 12 nitrogen and oxygen atoms in total. The number of carbonyl (C=O) groups is 1. The smallest absolute Gasteiger partial charge is 0.244 e. The van der Waals surface area contributed by atoms with Crippen LogP contribution in [0.15, 0.2) is 47.5 Å². The Morgan fingerprint density at radius 2 is 1.85 bits per heavy atom. The largest absolute Gasteiger partial charge is 0.495 e. The molecule has 4 aromatic rings. The van der Waals surface area contributed by atoms with E-state index >= 15 is 0 Å². The van der Waals surface area contributed by atoms with E-state index in [1.54, 1.807) is 31.5 Å². The monoisotopic (exact) mass is 564 g/mol. The second kappa shape index (κ2) is 10.8. The Balaban J connectivity index is 1.62. The first kappa shape index (κ1) is 27.4. The van der Waals surface area contributed by atoms with Crippen LogP contribution in [-0.2, 0) is 27.8 Å². The highest BCUT2D eigenvalue weighted by Crippen LogP contribution is 2.36. The summed E-state index contributed by atoms with van der Waals surface area (Å²) >= 11 is 0. The Bertz CT molecular complexity index is 1700. The number of para-hydroxylation sites is 1. The van der Waals surface area contributed by atoms with Crippen LogP contribution in [0.3, 0.4) is 0 Å². The van der Waals surface area contributed by atoms with Gasteiger partial charge in [0.1, 0.15) is 22.1 Å². The van der Waals surface area contributed by atoms with Gasteiger partial charge in [0.05, 0.1) is 29.6 Å². The number of amides is 1. The number of ether oxygens (including phenoxy) is 1. The molecule has 0 atom stereocenters. The van der Waals surface area contributed by atoms with Crippen molar-refractivity contribution >= 4 is 55.8 Å². The number of hydrogen-bond donors (Lipinski definition) is 4. The minimum Gasteiger partial charge on any atom is -0.495 e. The van der Waals surface area contributed by atoms with Crippen LogP contribution in [0.4, 0.5) is 28.8 Å². The quantitative estimate of drug-likeness (QED) is 0.252. The Labute approximate surface area is 232 Å². The van der Waals surface area contributed by atoms with Crippen molar-refractivity contribution in [2.45, 2.75) is 24.8 Å². The second-order valence-electron chi connectivity index (χ2n) is 9.85. The number of hydrogen-bond acceptors (Lipinski definition) is 9. The molecule has 1 aliphatic heterocycles. The summed E-state index contributed by atoms with van der Waals surface area (Å²) in [5.74, 6) is 0.944. The predicted molar refractivity (Wildman–Crippen MR) is 155 cm³/mol. The molecule has 4 N–H and O–H groups in total. The van der Waals surface area contributed by atoms with Gasteiger partial charge in [-0.3, -0.25) is 4.79 Å². The maximum Gasteiger partial charge on any atom is 0.244 e. The average molecular weight is 565 g/mol. The molecule has 2 aromatic heterocycles. The maximum absolute atomic E-state index is 13.0. The first-order valence-electron chi connectivity index (χ1n) is 12.7. The van der Waals surface area contributed by atoms with E-state index in [-0.39, 0.29) is 16.8 Å². The van der Waals surface area contributed by atoms with Gasteiger partial charge in [0.25, 0.3) is 0 Å². The number of rotatable bonds is 8. The van der Waals surface area contributed by atoms with Crippen molar-refractivity contribution in [3.8, 4) is 5.75 Å². The molecule has 0 saturated heterocycles. The van der Waals surface area contributed by atoms with Gasteiger partial charge in [-0.25, -0.2) is 12.7 Å². The highest BCUT2D eigenvalue weighted by atomic mass is 32.2. The van der Waals surface area contributed by atoms with Crippen LogP contribution in [0.5, 0.6) is 5.75 Å². The zero-order valence-electron chi connectivity index (χ0n) is 23.0. The third kappa shape index (κ3) is 5.30. The fraction of sp³-hybridized carbons (Fsp3) is 0.296. The number of nitrogens with zero attached hydrogens (tertiary/aromatic N) is 4. The normalized spacial score (nSPS) is 13.8. The van der Waals surface area contributed by atoms with Gasteiger partial charge in [-0.2, -0.15) is 9.97 Å². The maximum atomic E-state index is 13.0. The van der Waals surface area contributed by atoms with Gasteiger partial charge in [-0.1, -0.05) is 12.1 Å². The van der Waals surface area contributed by atoms with Gasteiger partial charge < -0.3 is 30.6 Å². The number of aromatic amines is 1. The van der Waals surface area contributed by atoms with Crippen molar-refractivity contribution in [3.05, 3.63) is 53.7 Å². The Morgan fingerprint density at radius 3 is 2.58 bits per heavy atom. The van der Waals surface area contributed by atoms with E-state index in [4.69, 9.17) is 9.72 Å². The molecule has 1 amide bonds. The summed E-state index contributed by atoms with van der Waals surface area (Å²) in [6, 6.07) is 10.6. The number of benzene rings is 2.